The van der Waals surface area contributed by atoms with E-state index in [0.717, 1.165) is 0 Å². The Labute approximate surface area is 118 Å². The van der Waals surface area contributed by atoms with Crippen molar-refractivity contribution in [3.63, 3.8) is 0 Å². The van der Waals surface area contributed by atoms with Gasteiger partial charge in [-0.15, -0.1) is 0 Å². The minimum Gasteiger partial charge on any atom is -0.394 e. The Morgan fingerprint density at radius 1 is 1.75 bits per heavy atom. The first-order valence-corrected chi connectivity index (χ1v) is 5.55. The number of nitrogens with one attached hydrogen (secondary N) is 1. The molecule has 20 heavy (non-hydrogen) atoms. The van der Waals surface area contributed by atoms with Crippen molar-refractivity contribution in [1.29, 1.82) is 0 Å². The molecule has 1 fully saturated rings. The van der Waals surface area contributed by atoms with Crippen molar-refractivity contribution in [2.45, 2.75) is 24.1 Å². The van der Waals surface area contributed by atoms with Crippen LogP contribution in [0.25, 0.3) is 0 Å². The number of hydrogen-bond acceptors (Lipinski definition) is 6. The van der Waals surface area contributed by atoms with Crippen LogP contribution in [0.5, 0.6) is 0 Å². The number of aromatic nitrogens is 3. The van der Waals surface area contributed by atoms with Crippen LogP contribution in [-0.4, -0.2) is 49.4 Å². The first-order chi connectivity index (χ1) is 10.1. The molecule has 1 unspecified atom stereocenters. The van der Waals surface area contributed by atoms with Gasteiger partial charge in [0.2, 0.25) is 11.9 Å². The average molecular weight is 308 g/mol. The fourth-order valence-electron chi connectivity index (χ4n) is 1.75. The van der Waals surface area contributed by atoms with Crippen molar-refractivity contribution in [2.75, 3.05) is 6.56 Å². The molecule has 3 N–H and O–H groups in total. The van der Waals surface area contributed by atoms with Crippen LogP contribution in [0.15, 0.2) is 15.8 Å². The van der Waals surface area contributed by atoms with Crippen LogP contribution >= 0.6 is 11.6 Å². The summed E-state index contributed by atoms with van der Waals surface area (Å²) in [6, 6.07) is 0. The molecule has 1 saturated heterocycles. The topological polar surface area (TPSA) is 117 Å². The van der Waals surface area contributed by atoms with Gasteiger partial charge in [-0.1, -0.05) is 0 Å². The molecule has 1 aliphatic heterocycles. The Balaban J connectivity index is 2.59. The third kappa shape index (κ3) is 2.23. The van der Waals surface area contributed by atoms with Gasteiger partial charge in [-0.2, -0.15) is 9.78 Å². The average Bonchev–Trinajstić information content (AvgIpc) is 2.63. The van der Waals surface area contributed by atoms with Crippen LogP contribution in [0.1, 0.15) is 8.97 Å². The Kier molecular flexibility index (Phi) is 3.21. The van der Waals surface area contributed by atoms with Gasteiger partial charge in [0.25, 0.3) is 5.56 Å². The van der Waals surface area contributed by atoms with Crippen molar-refractivity contribution >= 4 is 11.6 Å². The van der Waals surface area contributed by atoms with Crippen LogP contribution in [0.2, 0.25) is 0 Å². The molecule has 4 atom stereocenters. The SMILES string of the molecule is [2H]C([2H])(O)[C@H]1O[C@@H](n2ncc(=O)[nH]c2=O)[C@@](F)(C#CCl)C1O. The van der Waals surface area contributed by atoms with E-state index in [-0.39, 0.29) is 0 Å². The number of nitrogens with zero attached hydrogens (tertiary/aromatic N) is 2. The monoisotopic (exact) mass is 307 g/mol. The highest BCUT2D eigenvalue weighted by molar-refractivity contribution is 6.30. The summed E-state index contributed by atoms with van der Waals surface area (Å²) < 4.78 is 34.4. The lowest BCUT2D eigenvalue weighted by molar-refractivity contribution is -0.0611. The van der Waals surface area contributed by atoms with Crippen molar-refractivity contribution < 1.29 is 22.1 Å². The number of H-pyrrole nitrogens is 1. The lowest BCUT2D eigenvalue weighted by Gasteiger charge is -2.22. The molecule has 0 aliphatic carbocycles. The molecular formula is C10H9ClFN3O5. The Morgan fingerprint density at radius 3 is 3.00 bits per heavy atom. The van der Waals surface area contributed by atoms with Gasteiger partial charge in [0.05, 0.1) is 9.30 Å². The third-order valence-corrected chi connectivity index (χ3v) is 2.77. The van der Waals surface area contributed by atoms with E-state index in [1.165, 1.54) is 0 Å². The van der Waals surface area contributed by atoms with Crippen molar-refractivity contribution in [1.82, 2.24) is 14.8 Å². The molecule has 10 heteroatoms. The summed E-state index contributed by atoms with van der Waals surface area (Å²) in [7, 11) is 0. The summed E-state index contributed by atoms with van der Waals surface area (Å²) in [5.74, 6) is 1.77. The number of rotatable bonds is 2. The minimum absolute atomic E-state index is 0.317. The molecule has 0 bridgehead atoms. The summed E-state index contributed by atoms with van der Waals surface area (Å²) in [5.41, 5.74) is -5.08. The van der Waals surface area contributed by atoms with Gasteiger partial charge in [0.15, 0.2) is 0 Å². The first-order valence-electron chi connectivity index (χ1n) is 6.17. The zero-order chi connectivity index (χ0) is 16.7. The third-order valence-electron chi connectivity index (χ3n) is 2.68. The lowest BCUT2D eigenvalue weighted by Crippen LogP contribution is -2.46. The molecule has 2 rings (SSSR count). The van der Waals surface area contributed by atoms with E-state index in [4.69, 9.17) is 19.1 Å². The number of aromatic amines is 1. The molecule has 0 amide bonds. The van der Waals surface area contributed by atoms with Crippen LogP contribution in [0.4, 0.5) is 4.39 Å². The van der Waals surface area contributed by atoms with E-state index in [0.29, 0.717) is 10.9 Å². The summed E-state index contributed by atoms with van der Waals surface area (Å²) in [6.45, 7) is -3.13. The standard InChI is InChI=1S/C10H9ClFN3O5/c11-2-1-10(12)7(18)5(4-16)20-8(10)15-9(19)14-6(17)3-13-15/h3,5,7-8,16,18H,4H2,(H,14,17,19)/t5-,7?,8-,10-/m1/s1/i4D2. The number of aliphatic hydroxyl groups excluding tert-OH is 1. The summed E-state index contributed by atoms with van der Waals surface area (Å²) in [6.07, 6.45) is -5.73. The second kappa shape index (κ2) is 5.34. The van der Waals surface area contributed by atoms with Crippen LogP contribution < -0.4 is 11.2 Å². The molecule has 0 spiro atoms. The fourth-order valence-corrected chi connectivity index (χ4v) is 1.90. The molecule has 0 saturated carbocycles. The van der Waals surface area contributed by atoms with E-state index >= 15 is 0 Å². The zero-order valence-electron chi connectivity index (χ0n) is 11.6. The minimum atomic E-state index is -3.13. The summed E-state index contributed by atoms with van der Waals surface area (Å²) in [4.78, 5) is 24.4. The van der Waals surface area contributed by atoms with Gasteiger partial charge < -0.3 is 14.9 Å². The van der Waals surface area contributed by atoms with E-state index in [2.05, 4.69) is 5.10 Å². The summed E-state index contributed by atoms with van der Waals surface area (Å²) in [5, 5.41) is 24.2. The van der Waals surface area contributed by atoms with E-state index in [1.807, 2.05) is 0 Å². The molecule has 0 aromatic carbocycles. The molecule has 1 aromatic rings. The number of ether oxygens (including phenoxy) is 1. The Hall–Kier alpha value is -1.73. The normalized spacial score (nSPS) is 34.9. The number of aliphatic hydroxyl groups is 2. The maximum absolute atomic E-state index is 14.9. The van der Waals surface area contributed by atoms with Gasteiger partial charge >= 0.3 is 5.69 Å². The number of hydrogen-bond donors (Lipinski definition) is 3. The summed E-state index contributed by atoms with van der Waals surface area (Å²) >= 11 is 5.13. The van der Waals surface area contributed by atoms with Crippen LogP contribution in [0.3, 0.4) is 0 Å². The van der Waals surface area contributed by atoms with E-state index < -0.39 is 41.9 Å². The molecular weight excluding hydrogens is 297 g/mol. The van der Waals surface area contributed by atoms with Crippen LogP contribution in [-0.2, 0) is 4.74 Å². The van der Waals surface area contributed by atoms with Gasteiger partial charge in [0, 0.05) is 5.38 Å². The second-order valence-corrected chi connectivity index (χ2v) is 4.04. The number of halogens is 2. The predicted octanol–water partition coefficient (Wildman–Crippen LogP) is -1.91. The van der Waals surface area contributed by atoms with Crippen molar-refractivity contribution in [2.24, 2.45) is 0 Å². The highest BCUT2D eigenvalue weighted by atomic mass is 35.5. The maximum atomic E-state index is 14.9. The van der Waals surface area contributed by atoms with Crippen LogP contribution in [0, 0.1) is 11.3 Å². The predicted molar refractivity (Wildman–Crippen MR) is 63.6 cm³/mol. The van der Waals surface area contributed by atoms with Gasteiger partial charge in [-0.25, -0.2) is 9.18 Å². The van der Waals surface area contributed by atoms with Crippen molar-refractivity contribution in [3.8, 4) is 11.3 Å². The molecule has 8 nitrogen and oxygen atoms in total. The zero-order valence-corrected chi connectivity index (χ0v) is 10.3. The van der Waals surface area contributed by atoms with Crippen molar-refractivity contribution in [3.05, 3.63) is 27.0 Å². The molecule has 0 radical (unpaired) electrons. The Bertz CT molecular complexity index is 754. The second-order valence-electron chi connectivity index (χ2n) is 3.85. The van der Waals surface area contributed by atoms with E-state index in [9.17, 15) is 24.2 Å². The maximum Gasteiger partial charge on any atom is 0.347 e. The largest absolute Gasteiger partial charge is 0.394 e. The molecule has 1 aliphatic rings. The van der Waals surface area contributed by atoms with Gasteiger partial charge in [-0.3, -0.25) is 9.78 Å². The van der Waals surface area contributed by atoms with Gasteiger partial charge in [0.1, 0.15) is 18.4 Å². The Morgan fingerprint density at radius 2 is 2.45 bits per heavy atom. The quantitative estimate of drug-likeness (QED) is 0.549. The highest BCUT2D eigenvalue weighted by Gasteiger charge is 2.58. The fraction of sp³-hybridized carbons (Fsp3) is 0.500. The molecule has 2 heterocycles. The number of alkyl halides is 1. The lowest BCUT2D eigenvalue weighted by atomic mass is 9.97. The molecule has 1 aromatic heterocycles. The molecule has 108 valence electrons. The first kappa shape index (κ1) is 12.0. The smallest absolute Gasteiger partial charge is 0.347 e. The van der Waals surface area contributed by atoms with Gasteiger partial charge in [-0.05, 0) is 17.5 Å². The highest BCUT2D eigenvalue weighted by Crippen LogP contribution is 2.40. The van der Waals surface area contributed by atoms with E-state index in [1.54, 1.807) is 16.3 Å².